The van der Waals surface area contributed by atoms with Crippen LogP contribution in [0, 0.1) is 0 Å². The third kappa shape index (κ3) is 4.93. The number of ether oxygens (including phenoxy) is 1. The number of carbonyl (C=O) groups excluding carboxylic acids is 1. The summed E-state index contributed by atoms with van der Waals surface area (Å²) in [7, 11) is 0. The van der Waals surface area contributed by atoms with Gasteiger partial charge in [0.25, 0.3) is 0 Å². The molecule has 5 nitrogen and oxygen atoms in total. The summed E-state index contributed by atoms with van der Waals surface area (Å²) >= 11 is 0. The molecule has 21 heavy (non-hydrogen) atoms. The number of amides is 1. The van der Waals surface area contributed by atoms with Crippen molar-refractivity contribution in [3.8, 4) is 0 Å². The van der Waals surface area contributed by atoms with Crippen LogP contribution in [-0.4, -0.2) is 38.3 Å². The molecule has 0 spiro atoms. The first kappa shape index (κ1) is 15.6. The van der Waals surface area contributed by atoms with Crippen molar-refractivity contribution in [3.05, 3.63) is 24.3 Å². The maximum atomic E-state index is 12.2. The van der Waals surface area contributed by atoms with Gasteiger partial charge >= 0.3 is 0 Å². The predicted octanol–water partition coefficient (Wildman–Crippen LogP) is 1.78. The van der Waals surface area contributed by atoms with Crippen LogP contribution in [-0.2, 0) is 9.53 Å². The highest BCUT2D eigenvalue weighted by atomic mass is 16.5. The van der Waals surface area contributed by atoms with Gasteiger partial charge in [-0.05, 0) is 37.5 Å². The lowest BCUT2D eigenvalue weighted by molar-refractivity contribution is -0.121. The Balaban J connectivity index is 1.93. The molecule has 0 radical (unpaired) electrons. The van der Waals surface area contributed by atoms with Crippen molar-refractivity contribution in [1.29, 1.82) is 0 Å². The topological polar surface area (TPSA) is 67.6 Å². The van der Waals surface area contributed by atoms with Gasteiger partial charge in [0.15, 0.2) is 0 Å². The van der Waals surface area contributed by atoms with Gasteiger partial charge in [0.05, 0.1) is 6.54 Å². The fourth-order valence-corrected chi connectivity index (χ4v) is 2.58. The minimum absolute atomic E-state index is 0.0674. The molecule has 116 valence electrons. The summed E-state index contributed by atoms with van der Waals surface area (Å²) in [6.45, 7) is 4.78. The first-order valence-electron chi connectivity index (χ1n) is 7.66. The monoisotopic (exact) mass is 291 g/mol. The van der Waals surface area contributed by atoms with Crippen LogP contribution in [0.2, 0.25) is 0 Å². The molecule has 1 aromatic rings. The largest absolute Gasteiger partial charge is 0.399 e. The standard InChI is InChI=1S/C16H25N3O2/c1-2-8-19(15-5-3-4-13(17)11-15)12-16(20)18-14-6-9-21-10-7-14/h3-5,11,14H,2,6-10,12,17H2,1H3,(H,18,20). The zero-order valence-electron chi connectivity index (χ0n) is 12.7. The van der Waals surface area contributed by atoms with Gasteiger partial charge in [-0.15, -0.1) is 0 Å². The molecular weight excluding hydrogens is 266 g/mol. The van der Waals surface area contributed by atoms with Crippen LogP contribution in [0.5, 0.6) is 0 Å². The van der Waals surface area contributed by atoms with Crippen molar-refractivity contribution < 1.29 is 9.53 Å². The fraction of sp³-hybridized carbons (Fsp3) is 0.562. The second-order valence-electron chi connectivity index (χ2n) is 5.47. The van der Waals surface area contributed by atoms with Crippen molar-refractivity contribution in [2.24, 2.45) is 0 Å². The van der Waals surface area contributed by atoms with E-state index in [1.54, 1.807) is 0 Å². The van der Waals surface area contributed by atoms with Crippen molar-refractivity contribution in [2.45, 2.75) is 32.2 Å². The van der Waals surface area contributed by atoms with E-state index in [1.165, 1.54) is 0 Å². The molecule has 1 fully saturated rings. The minimum Gasteiger partial charge on any atom is -0.399 e. The highest BCUT2D eigenvalue weighted by Crippen LogP contribution is 2.17. The molecule has 1 amide bonds. The molecule has 5 heteroatoms. The lowest BCUT2D eigenvalue weighted by atomic mass is 10.1. The first-order chi connectivity index (χ1) is 10.2. The molecule has 0 aromatic heterocycles. The summed E-state index contributed by atoms with van der Waals surface area (Å²) < 4.78 is 5.31. The van der Waals surface area contributed by atoms with E-state index in [0.717, 1.165) is 50.4 Å². The van der Waals surface area contributed by atoms with E-state index in [-0.39, 0.29) is 11.9 Å². The van der Waals surface area contributed by atoms with Gasteiger partial charge in [-0.2, -0.15) is 0 Å². The smallest absolute Gasteiger partial charge is 0.239 e. The molecular formula is C16H25N3O2. The van der Waals surface area contributed by atoms with E-state index in [0.29, 0.717) is 6.54 Å². The number of nitrogens with one attached hydrogen (secondary N) is 1. The molecule has 0 aliphatic carbocycles. The zero-order chi connectivity index (χ0) is 15.1. The average molecular weight is 291 g/mol. The lowest BCUT2D eigenvalue weighted by Gasteiger charge is -2.27. The number of nitrogens with zero attached hydrogens (tertiary/aromatic N) is 1. The average Bonchev–Trinajstić information content (AvgIpc) is 2.48. The van der Waals surface area contributed by atoms with Gasteiger partial charge in [-0.1, -0.05) is 13.0 Å². The van der Waals surface area contributed by atoms with Gasteiger partial charge in [0, 0.05) is 37.2 Å². The van der Waals surface area contributed by atoms with E-state index in [9.17, 15) is 4.79 Å². The van der Waals surface area contributed by atoms with Crippen LogP contribution in [0.4, 0.5) is 11.4 Å². The molecule has 0 atom stereocenters. The number of anilines is 2. The number of nitrogen functional groups attached to an aromatic ring is 1. The van der Waals surface area contributed by atoms with Gasteiger partial charge in [0.1, 0.15) is 0 Å². The summed E-state index contributed by atoms with van der Waals surface area (Å²) in [5.41, 5.74) is 7.55. The van der Waals surface area contributed by atoms with Crippen LogP contribution in [0.15, 0.2) is 24.3 Å². The van der Waals surface area contributed by atoms with Crippen LogP contribution in [0.25, 0.3) is 0 Å². The molecule has 0 saturated carbocycles. The number of hydrogen-bond acceptors (Lipinski definition) is 4. The normalized spacial score (nSPS) is 15.7. The summed E-state index contributed by atoms with van der Waals surface area (Å²) in [6.07, 6.45) is 2.79. The van der Waals surface area contributed by atoms with Crippen LogP contribution < -0.4 is 16.0 Å². The maximum Gasteiger partial charge on any atom is 0.239 e. The van der Waals surface area contributed by atoms with E-state index >= 15 is 0 Å². The predicted molar refractivity (Wildman–Crippen MR) is 85.3 cm³/mol. The molecule has 1 saturated heterocycles. The van der Waals surface area contributed by atoms with Crippen molar-refractivity contribution in [1.82, 2.24) is 5.32 Å². The van der Waals surface area contributed by atoms with Crippen molar-refractivity contribution >= 4 is 17.3 Å². The van der Waals surface area contributed by atoms with Crippen LogP contribution >= 0.6 is 0 Å². The Kier molecular flexibility index (Phi) is 5.87. The molecule has 1 aliphatic rings. The number of benzene rings is 1. The van der Waals surface area contributed by atoms with E-state index < -0.39 is 0 Å². The van der Waals surface area contributed by atoms with E-state index in [4.69, 9.17) is 10.5 Å². The number of carbonyl (C=O) groups is 1. The lowest BCUT2D eigenvalue weighted by Crippen LogP contribution is -2.44. The van der Waals surface area contributed by atoms with Crippen molar-refractivity contribution in [2.75, 3.05) is 36.9 Å². The minimum atomic E-state index is 0.0674. The van der Waals surface area contributed by atoms with E-state index in [2.05, 4.69) is 17.1 Å². The molecule has 0 bridgehead atoms. The molecule has 3 N–H and O–H groups in total. The summed E-state index contributed by atoms with van der Waals surface area (Å²) in [5, 5.41) is 3.10. The Bertz CT molecular complexity index is 459. The summed E-state index contributed by atoms with van der Waals surface area (Å²) in [5.74, 6) is 0.0674. The number of nitrogens with two attached hydrogens (primary N) is 1. The van der Waals surface area contributed by atoms with Crippen LogP contribution in [0.1, 0.15) is 26.2 Å². The zero-order valence-corrected chi connectivity index (χ0v) is 12.7. The molecule has 2 rings (SSSR count). The number of rotatable bonds is 6. The highest BCUT2D eigenvalue weighted by Gasteiger charge is 2.18. The molecule has 1 aromatic carbocycles. The number of hydrogen-bond donors (Lipinski definition) is 2. The van der Waals surface area contributed by atoms with Crippen LogP contribution in [0.3, 0.4) is 0 Å². The Morgan fingerprint density at radius 2 is 2.19 bits per heavy atom. The highest BCUT2D eigenvalue weighted by molar-refractivity contribution is 5.81. The Morgan fingerprint density at radius 3 is 2.86 bits per heavy atom. The summed E-state index contributed by atoms with van der Waals surface area (Å²) in [6, 6.07) is 7.93. The first-order valence-corrected chi connectivity index (χ1v) is 7.66. The maximum absolute atomic E-state index is 12.2. The third-order valence-corrected chi connectivity index (χ3v) is 3.65. The van der Waals surface area contributed by atoms with Gasteiger partial charge < -0.3 is 20.7 Å². The quantitative estimate of drug-likeness (QED) is 0.784. The fourth-order valence-electron chi connectivity index (χ4n) is 2.58. The molecule has 0 unspecified atom stereocenters. The summed E-state index contributed by atoms with van der Waals surface area (Å²) in [4.78, 5) is 14.3. The van der Waals surface area contributed by atoms with Crippen molar-refractivity contribution in [3.63, 3.8) is 0 Å². The SMILES string of the molecule is CCCN(CC(=O)NC1CCOCC1)c1cccc(N)c1. The van der Waals surface area contributed by atoms with Gasteiger partial charge in [-0.25, -0.2) is 0 Å². The van der Waals surface area contributed by atoms with E-state index in [1.807, 2.05) is 24.3 Å². The Morgan fingerprint density at radius 1 is 1.43 bits per heavy atom. The second kappa shape index (κ2) is 7.88. The molecule has 1 heterocycles. The van der Waals surface area contributed by atoms with Gasteiger partial charge in [-0.3, -0.25) is 4.79 Å². The Labute approximate surface area is 126 Å². The molecule has 1 aliphatic heterocycles. The van der Waals surface area contributed by atoms with Gasteiger partial charge in [0.2, 0.25) is 5.91 Å². The third-order valence-electron chi connectivity index (χ3n) is 3.65. The second-order valence-corrected chi connectivity index (χ2v) is 5.47. The Hall–Kier alpha value is -1.75.